The van der Waals surface area contributed by atoms with Crippen molar-refractivity contribution in [3.63, 3.8) is 0 Å². The SMILES string of the molecule is COCCOc1cc(NC(=O)C2CCC(Cn3c(=O)n(C)c4ccc(OC)cc43)CC2)ccn1. The largest absolute Gasteiger partial charge is 0.497 e. The van der Waals surface area contributed by atoms with E-state index in [1.165, 1.54) is 0 Å². The van der Waals surface area contributed by atoms with E-state index in [1.807, 2.05) is 22.8 Å². The van der Waals surface area contributed by atoms with E-state index >= 15 is 0 Å². The first-order chi connectivity index (χ1) is 16.5. The summed E-state index contributed by atoms with van der Waals surface area (Å²) in [5.41, 5.74) is 2.42. The minimum Gasteiger partial charge on any atom is -0.497 e. The molecule has 1 aliphatic rings. The van der Waals surface area contributed by atoms with Gasteiger partial charge in [-0.05, 0) is 49.8 Å². The normalized spacial score (nSPS) is 18.1. The van der Waals surface area contributed by atoms with Crippen LogP contribution in [0.2, 0.25) is 0 Å². The second-order valence-corrected chi connectivity index (χ2v) is 8.74. The number of amides is 1. The molecule has 1 amide bonds. The molecule has 1 aliphatic carbocycles. The Bertz CT molecular complexity index is 1190. The first kappa shape index (κ1) is 23.8. The highest BCUT2D eigenvalue weighted by Crippen LogP contribution is 2.32. The van der Waals surface area contributed by atoms with E-state index in [2.05, 4.69) is 10.3 Å². The maximum Gasteiger partial charge on any atom is 0.328 e. The Kier molecular flexibility index (Phi) is 7.52. The molecular formula is C25H32N4O5. The Morgan fingerprint density at radius 1 is 1.09 bits per heavy atom. The number of rotatable bonds is 9. The monoisotopic (exact) mass is 468 g/mol. The summed E-state index contributed by atoms with van der Waals surface area (Å²) in [6, 6.07) is 9.18. The Hall–Kier alpha value is -3.33. The van der Waals surface area contributed by atoms with E-state index in [-0.39, 0.29) is 17.5 Å². The third kappa shape index (κ3) is 5.25. The average molecular weight is 469 g/mol. The molecular weight excluding hydrogens is 436 g/mol. The third-order valence-corrected chi connectivity index (χ3v) is 6.55. The standard InChI is InChI=1S/C25H32N4O5/c1-28-21-9-8-20(33-3)15-22(21)29(25(28)31)16-17-4-6-18(7-5-17)24(30)27-19-10-11-26-23(14-19)34-13-12-32-2/h8-11,14-15,17-18H,4-7,12-13,16H2,1-3H3,(H,26,27,30). The zero-order valence-electron chi connectivity index (χ0n) is 20.0. The molecule has 1 saturated carbocycles. The number of aryl methyl sites for hydroxylation is 1. The number of imidazole rings is 1. The highest BCUT2D eigenvalue weighted by atomic mass is 16.5. The number of hydrogen-bond acceptors (Lipinski definition) is 6. The van der Waals surface area contributed by atoms with Crippen molar-refractivity contribution in [1.82, 2.24) is 14.1 Å². The van der Waals surface area contributed by atoms with Gasteiger partial charge in [0, 0.05) is 50.6 Å². The predicted octanol–water partition coefficient (Wildman–Crippen LogP) is 3.21. The number of methoxy groups -OCH3 is 2. The van der Waals surface area contributed by atoms with Crippen LogP contribution in [0.1, 0.15) is 25.7 Å². The quantitative estimate of drug-likeness (QED) is 0.485. The summed E-state index contributed by atoms with van der Waals surface area (Å²) in [7, 11) is 5.03. The molecule has 2 heterocycles. The zero-order valence-corrected chi connectivity index (χ0v) is 20.0. The molecule has 3 aromatic rings. The molecule has 9 nitrogen and oxygen atoms in total. The summed E-state index contributed by atoms with van der Waals surface area (Å²) in [6.07, 6.45) is 4.99. The molecule has 0 bridgehead atoms. The van der Waals surface area contributed by atoms with Crippen molar-refractivity contribution >= 4 is 22.6 Å². The van der Waals surface area contributed by atoms with Gasteiger partial charge in [0.15, 0.2) is 0 Å². The second-order valence-electron chi connectivity index (χ2n) is 8.74. The van der Waals surface area contributed by atoms with Gasteiger partial charge in [0.25, 0.3) is 0 Å². The Labute approximate surface area is 198 Å². The number of benzene rings is 1. The van der Waals surface area contributed by atoms with Gasteiger partial charge in [-0.1, -0.05) is 0 Å². The fourth-order valence-corrected chi connectivity index (χ4v) is 4.60. The molecule has 34 heavy (non-hydrogen) atoms. The lowest BCUT2D eigenvalue weighted by Crippen LogP contribution is -2.30. The number of carbonyl (C=O) groups is 1. The molecule has 0 unspecified atom stereocenters. The Morgan fingerprint density at radius 2 is 1.88 bits per heavy atom. The molecule has 0 saturated heterocycles. The topological polar surface area (TPSA) is 96.6 Å². The van der Waals surface area contributed by atoms with Crippen LogP contribution in [0, 0.1) is 11.8 Å². The fraction of sp³-hybridized carbons (Fsp3) is 0.480. The van der Waals surface area contributed by atoms with Gasteiger partial charge in [0.2, 0.25) is 11.8 Å². The second kappa shape index (κ2) is 10.7. The van der Waals surface area contributed by atoms with Crippen molar-refractivity contribution in [3.8, 4) is 11.6 Å². The van der Waals surface area contributed by atoms with Gasteiger partial charge in [-0.25, -0.2) is 9.78 Å². The van der Waals surface area contributed by atoms with Crippen LogP contribution >= 0.6 is 0 Å². The zero-order chi connectivity index (χ0) is 24.1. The molecule has 4 rings (SSSR count). The highest BCUT2D eigenvalue weighted by Gasteiger charge is 2.27. The number of anilines is 1. The van der Waals surface area contributed by atoms with Crippen molar-refractivity contribution in [2.24, 2.45) is 18.9 Å². The van der Waals surface area contributed by atoms with Crippen LogP contribution in [0.3, 0.4) is 0 Å². The van der Waals surface area contributed by atoms with Crippen LogP contribution in [0.5, 0.6) is 11.6 Å². The maximum atomic E-state index is 12.8. The summed E-state index contributed by atoms with van der Waals surface area (Å²) < 4.78 is 19.4. The molecule has 1 aromatic carbocycles. The minimum absolute atomic E-state index is 0.0135. The summed E-state index contributed by atoms with van der Waals surface area (Å²) in [5, 5.41) is 2.99. The lowest BCUT2D eigenvalue weighted by molar-refractivity contribution is -0.121. The number of pyridine rings is 1. The van der Waals surface area contributed by atoms with E-state index in [0.717, 1.165) is 42.5 Å². The number of fused-ring (bicyclic) bond motifs is 1. The predicted molar refractivity (Wildman–Crippen MR) is 129 cm³/mol. The summed E-state index contributed by atoms with van der Waals surface area (Å²) in [6.45, 7) is 1.52. The average Bonchev–Trinajstić information content (AvgIpc) is 3.09. The van der Waals surface area contributed by atoms with E-state index in [4.69, 9.17) is 14.2 Å². The fourth-order valence-electron chi connectivity index (χ4n) is 4.60. The molecule has 0 radical (unpaired) electrons. The van der Waals surface area contributed by atoms with Gasteiger partial charge in [0.05, 0.1) is 24.8 Å². The van der Waals surface area contributed by atoms with Crippen LogP contribution in [0.25, 0.3) is 11.0 Å². The Balaban J connectivity index is 1.35. The van der Waals surface area contributed by atoms with Gasteiger partial charge in [-0.15, -0.1) is 0 Å². The lowest BCUT2D eigenvalue weighted by Gasteiger charge is -2.28. The van der Waals surface area contributed by atoms with Crippen molar-refractivity contribution < 1.29 is 19.0 Å². The molecule has 0 atom stereocenters. The van der Waals surface area contributed by atoms with Crippen molar-refractivity contribution in [2.45, 2.75) is 32.2 Å². The minimum atomic E-state index is -0.0494. The summed E-state index contributed by atoms with van der Waals surface area (Å²) in [5.74, 6) is 1.50. The number of aromatic nitrogens is 3. The molecule has 2 aromatic heterocycles. The van der Waals surface area contributed by atoms with Gasteiger partial charge in [0.1, 0.15) is 12.4 Å². The van der Waals surface area contributed by atoms with E-state index in [1.54, 1.807) is 44.2 Å². The number of nitrogens with one attached hydrogen (secondary N) is 1. The molecule has 1 N–H and O–H groups in total. The first-order valence-electron chi connectivity index (χ1n) is 11.6. The van der Waals surface area contributed by atoms with Gasteiger partial charge in [-0.2, -0.15) is 0 Å². The van der Waals surface area contributed by atoms with Gasteiger partial charge >= 0.3 is 5.69 Å². The van der Waals surface area contributed by atoms with Crippen LogP contribution in [0.15, 0.2) is 41.3 Å². The molecule has 0 spiro atoms. The van der Waals surface area contributed by atoms with E-state index < -0.39 is 0 Å². The number of nitrogens with zero attached hydrogens (tertiary/aromatic N) is 3. The van der Waals surface area contributed by atoms with Crippen LogP contribution in [-0.2, 0) is 23.1 Å². The molecule has 1 fully saturated rings. The third-order valence-electron chi connectivity index (χ3n) is 6.55. The number of hydrogen-bond donors (Lipinski definition) is 1. The maximum absolute atomic E-state index is 12.8. The first-order valence-corrected chi connectivity index (χ1v) is 11.6. The van der Waals surface area contributed by atoms with Crippen LogP contribution in [0.4, 0.5) is 5.69 Å². The summed E-state index contributed by atoms with van der Waals surface area (Å²) >= 11 is 0. The van der Waals surface area contributed by atoms with E-state index in [9.17, 15) is 9.59 Å². The highest BCUT2D eigenvalue weighted by molar-refractivity contribution is 5.92. The Morgan fingerprint density at radius 3 is 2.62 bits per heavy atom. The molecule has 9 heteroatoms. The van der Waals surface area contributed by atoms with Crippen molar-refractivity contribution in [2.75, 3.05) is 32.8 Å². The number of ether oxygens (including phenoxy) is 3. The van der Waals surface area contributed by atoms with Gasteiger partial charge < -0.3 is 19.5 Å². The van der Waals surface area contributed by atoms with Crippen molar-refractivity contribution in [1.29, 1.82) is 0 Å². The van der Waals surface area contributed by atoms with Gasteiger partial charge in [-0.3, -0.25) is 13.9 Å². The van der Waals surface area contributed by atoms with Crippen molar-refractivity contribution in [3.05, 3.63) is 47.0 Å². The van der Waals surface area contributed by atoms with Crippen LogP contribution in [-0.4, -0.2) is 47.5 Å². The van der Waals surface area contributed by atoms with E-state index in [0.29, 0.717) is 37.2 Å². The smallest absolute Gasteiger partial charge is 0.328 e. The summed E-state index contributed by atoms with van der Waals surface area (Å²) in [4.78, 5) is 29.8. The molecule has 0 aliphatic heterocycles. The number of carbonyl (C=O) groups excluding carboxylic acids is 1. The van der Waals surface area contributed by atoms with Crippen LogP contribution < -0.4 is 20.5 Å². The lowest BCUT2D eigenvalue weighted by atomic mass is 9.81. The molecule has 182 valence electrons.